The minimum absolute atomic E-state index is 0.147. The highest BCUT2D eigenvalue weighted by Crippen LogP contribution is 2.15. The molecule has 1 aliphatic rings. The van der Waals surface area contributed by atoms with Crippen LogP contribution < -0.4 is 10.5 Å². The van der Waals surface area contributed by atoms with Crippen LogP contribution in [0.1, 0.15) is 18.4 Å². The maximum atomic E-state index is 12.3. The van der Waals surface area contributed by atoms with E-state index in [1.165, 1.54) is 12.1 Å². The van der Waals surface area contributed by atoms with Crippen molar-refractivity contribution in [2.45, 2.75) is 23.8 Å². The first kappa shape index (κ1) is 16.2. The molecule has 1 heterocycles. The van der Waals surface area contributed by atoms with E-state index in [0.717, 1.165) is 0 Å². The Morgan fingerprint density at radius 2 is 2.05 bits per heavy atom. The molecule has 0 unspecified atom stereocenters. The largest absolute Gasteiger partial charge is 0.320 e. The number of hydrogen-bond donors (Lipinski definition) is 2. The predicted octanol–water partition coefficient (Wildman–Crippen LogP) is 0.186. The van der Waals surface area contributed by atoms with Crippen molar-refractivity contribution in [2.75, 3.05) is 18.1 Å². The summed E-state index contributed by atoms with van der Waals surface area (Å²) in [5, 5.41) is 0. The zero-order valence-corrected chi connectivity index (χ0v) is 13.2. The summed E-state index contributed by atoms with van der Waals surface area (Å²) in [6.45, 7) is 0.231. The third-order valence-electron chi connectivity index (χ3n) is 3.19. The third-order valence-corrected chi connectivity index (χ3v) is 6.09. The van der Waals surface area contributed by atoms with Crippen LogP contribution in [0, 0.1) is 11.8 Å². The van der Waals surface area contributed by atoms with Gasteiger partial charge in [0, 0.05) is 33.9 Å². The normalized spacial score (nSPS) is 22.3. The highest BCUT2D eigenvalue weighted by atomic mass is 32.2. The SMILES string of the molecule is NCC#Cc1cccc(S(=O)(=O)NC2CCS(=O)CC2)c1. The molecule has 1 aliphatic heterocycles. The first-order chi connectivity index (χ1) is 10.0. The van der Waals surface area contributed by atoms with E-state index in [1.807, 2.05) is 0 Å². The lowest BCUT2D eigenvalue weighted by atomic mass is 10.2. The average molecular weight is 326 g/mol. The van der Waals surface area contributed by atoms with Gasteiger partial charge in [-0.05, 0) is 31.0 Å². The van der Waals surface area contributed by atoms with Crippen LogP contribution in [0.5, 0.6) is 0 Å². The van der Waals surface area contributed by atoms with Gasteiger partial charge in [-0.15, -0.1) is 0 Å². The van der Waals surface area contributed by atoms with Crippen LogP contribution in [0.25, 0.3) is 0 Å². The van der Waals surface area contributed by atoms with Gasteiger partial charge in [0.15, 0.2) is 0 Å². The molecule has 1 aromatic carbocycles. The Morgan fingerprint density at radius 3 is 2.71 bits per heavy atom. The summed E-state index contributed by atoms with van der Waals surface area (Å²) < 4.78 is 38.7. The summed E-state index contributed by atoms with van der Waals surface area (Å²) in [5.74, 6) is 6.62. The first-order valence-electron chi connectivity index (χ1n) is 6.67. The number of hydrogen-bond acceptors (Lipinski definition) is 4. The zero-order valence-electron chi connectivity index (χ0n) is 11.5. The van der Waals surface area contributed by atoms with Crippen molar-refractivity contribution >= 4 is 20.8 Å². The Bertz CT molecular complexity index is 680. The summed E-state index contributed by atoms with van der Waals surface area (Å²) in [4.78, 5) is 0.193. The second kappa shape index (κ2) is 7.18. The molecule has 0 spiro atoms. The van der Waals surface area contributed by atoms with E-state index < -0.39 is 20.8 Å². The van der Waals surface area contributed by atoms with Crippen molar-refractivity contribution < 1.29 is 12.6 Å². The smallest absolute Gasteiger partial charge is 0.240 e. The van der Waals surface area contributed by atoms with Gasteiger partial charge in [0.25, 0.3) is 0 Å². The molecular weight excluding hydrogens is 308 g/mol. The van der Waals surface area contributed by atoms with Gasteiger partial charge in [-0.2, -0.15) is 0 Å². The van der Waals surface area contributed by atoms with E-state index in [-0.39, 0.29) is 17.5 Å². The molecule has 114 valence electrons. The van der Waals surface area contributed by atoms with Crippen molar-refractivity contribution in [3.63, 3.8) is 0 Å². The van der Waals surface area contributed by atoms with Crippen LogP contribution in [0.2, 0.25) is 0 Å². The summed E-state index contributed by atoms with van der Waals surface area (Å²) in [5.41, 5.74) is 5.92. The third kappa shape index (κ3) is 4.64. The van der Waals surface area contributed by atoms with E-state index in [1.54, 1.807) is 12.1 Å². The molecule has 1 saturated heterocycles. The standard InChI is InChI=1S/C14H18N2O3S2/c15-8-2-4-12-3-1-5-14(11-12)21(18,19)16-13-6-9-20(17)10-7-13/h1,3,5,11,13,16H,6-10,15H2. The molecule has 0 aromatic heterocycles. The molecule has 0 radical (unpaired) electrons. The van der Waals surface area contributed by atoms with Gasteiger partial charge in [0.1, 0.15) is 0 Å². The Labute approximate surface area is 127 Å². The molecule has 5 nitrogen and oxygen atoms in total. The van der Waals surface area contributed by atoms with E-state index in [2.05, 4.69) is 16.6 Å². The highest BCUT2D eigenvalue weighted by molar-refractivity contribution is 7.89. The van der Waals surface area contributed by atoms with Crippen LogP contribution in [0.4, 0.5) is 0 Å². The summed E-state index contributed by atoms with van der Waals surface area (Å²) in [7, 11) is -4.38. The summed E-state index contributed by atoms with van der Waals surface area (Å²) in [6.07, 6.45) is 1.22. The number of nitrogens with one attached hydrogen (secondary N) is 1. The van der Waals surface area contributed by atoms with Gasteiger partial charge in [0.05, 0.1) is 11.4 Å². The molecular formula is C14H18N2O3S2. The molecule has 3 N–H and O–H groups in total. The summed E-state index contributed by atoms with van der Waals surface area (Å²) in [6, 6.07) is 6.32. The van der Waals surface area contributed by atoms with Crippen molar-refractivity contribution in [2.24, 2.45) is 5.73 Å². The number of nitrogens with two attached hydrogens (primary N) is 1. The van der Waals surface area contributed by atoms with Crippen molar-refractivity contribution in [1.29, 1.82) is 0 Å². The predicted molar refractivity (Wildman–Crippen MR) is 83.6 cm³/mol. The van der Waals surface area contributed by atoms with E-state index in [4.69, 9.17) is 5.73 Å². The van der Waals surface area contributed by atoms with Gasteiger partial charge in [-0.1, -0.05) is 17.9 Å². The van der Waals surface area contributed by atoms with Crippen LogP contribution in [-0.2, 0) is 20.8 Å². The van der Waals surface area contributed by atoms with Crippen LogP contribution >= 0.6 is 0 Å². The van der Waals surface area contributed by atoms with Gasteiger partial charge in [-0.25, -0.2) is 13.1 Å². The fourth-order valence-corrected chi connectivity index (χ4v) is 4.74. The molecule has 0 saturated carbocycles. The van der Waals surface area contributed by atoms with Crippen LogP contribution in [0.15, 0.2) is 29.2 Å². The Morgan fingerprint density at radius 1 is 1.33 bits per heavy atom. The fourth-order valence-electron chi connectivity index (χ4n) is 2.09. The molecule has 1 aromatic rings. The van der Waals surface area contributed by atoms with E-state index >= 15 is 0 Å². The second-order valence-corrected chi connectivity index (χ2v) is 8.19. The molecule has 0 bridgehead atoms. The summed E-state index contributed by atoms with van der Waals surface area (Å²) >= 11 is 0. The topological polar surface area (TPSA) is 89.3 Å². The monoisotopic (exact) mass is 326 g/mol. The minimum atomic E-state index is -3.57. The Kier molecular flexibility index (Phi) is 5.53. The van der Waals surface area contributed by atoms with E-state index in [9.17, 15) is 12.6 Å². The quantitative estimate of drug-likeness (QED) is 0.776. The van der Waals surface area contributed by atoms with Gasteiger partial charge >= 0.3 is 0 Å². The molecule has 0 amide bonds. The molecule has 1 fully saturated rings. The van der Waals surface area contributed by atoms with Crippen molar-refractivity contribution in [3.05, 3.63) is 29.8 Å². The molecule has 0 atom stereocenters. The van der Waals surface area contributed by atoms with Crippen molar-refractivity contribution in [3.8, 4) is 11.8 Å². The number of benzene rings is 1. The van der Waals surface area contributed by atoms with Gasteiger partial charge in [-0.3, -0.25) is 4.21 Å². The van der Waals surface area contributed by atoms with Crippen LogP contribution in [0.3, 0.4) is 0 Å². The number of sulfonamides is 1. The van der Waals surface area contributed by atoms with Gasteiger partial charge < -0.3 is 5.73 Å². The molecule has 2 rings (SSSR count). The Hall–Kier alpha value is -1.20. The lowest BCUT2D eigenvalue weighted by Crippen LogP contribution is -2.39. The maximum Gasteiger partial charge on any atom is 0.240 e. The lowest BCUT2D eigenvalue weighted by molar-refractivity contribution is 0.522. The molecule has 0 aliphatic carbocycles. The van der Waals surface area contributed by atoms with E-state index in [0.29, 0.717) is 29.9 Å². The van der Waals surface area contributed by atoms with Gasteiger partial charge in [0.2, 0.25) is 10.0 Å². The average Bonchev–Trinajstić information content (AvgIpc) is 2.48. The first-order valence-corrected chi connectivity index (χ1v) is 9.65. The fraction of sp³-hybridized carbons (Fsp3) is 0.429. The lowest BCUT2D eigenvalue weighted by Gasteiger charge is -2.22. The van der Waals surface area contributed by atoms with Crippen molar-refractivity contribution in [1.82, 2.24) is 4.72 Å². The molecule has 21 heavy (non-hydrogen) atoms. The maximum absolute atomic E-state index is 12.3. The number of rotatable bonds is 3. The second-order valence-electron chi connectivity index (χ2n) is 4.78. The zero-order chi connectivity index (χ0) is 15.3. The molecule has 7 heteroatoms. The minimum Gasteiger partial charge on any atom is -0.320 e. The highest BCUT2D eigenvalue weighted by Gasteiger charge is 2.24. The van der Waals surface area contributed by atoms with Crippen LogP contribution in [-0.4, -0.2) is 36.7 Å². The Balaban J connectivity index is 2.14.